The third kappa shape index (κ3) is 4.63. The molecular formula is C14H28N4O2S. The zero-order chi connectivity index (χ0) is 14.7. The van der Waals surface area contributed by atoms with Gasteiger partial charge in [0.05, 0.1) is 5.75 Å². The van der Waals surface area contributed by atoms with Crippen LogP contribution in [0.5, 0.6) is 0 Å². The first-order valence-electron chi connectivity index (χ1n) is 8.27. The van der Waals surface area contributed by atoms with E-state index in [2.05, 4.69) is 15.1 Å². The minimum absolute atomic E-state index is 0.273. The van der Waals surface area contributed by atoms with Crippen molar-refractivity contribution in [1.29, 1.82) is 0 Å². The highest BCUT2D eigenvalue weighted by Crippen LogP contribution is 2.30. The van der Waals surface area contributed by atoms with Crippen LogP contribution in [0, 0.1) is 5.92 Å². The summed E-state index contributed by atoms with van der Waals surface area (Å²) >= 11 is 0. The van der Waals surface area contributed by atoms with E-state index in [1.54, 1.807) is 4.31 Å². The van der Waals surface area contributed by atoms with Crippen molar-refractivity contribution in [2.24, 2.45) is 5.92 Å². The third-order valence-corrected chi connectivity index (χ3v) is 6.66. The van der Waals surface area contributed by atoms with Gasteiger partial charge in [-0.2, -0.15) is 4.31 Å². The normalized spacial score (nSPS) is 27.0. The van der Waals surface area contributed by atoms with Gasteiger partial charge in [0.1, 0.15) is 0 Å². The van der Waals surface area contributed by atoms with E-state index >= 15 is 0 Å². The van der Waals surface area contributed by atoms with Gasteiger partial charge in [0.25, 0.3) is 0 Å². The molecule has 1 N–H and O–H groups in total. The second kappa shape index (κ2) is 6.91. The molecule has 0 aromatic carbocycles. The molecule has 2 aliphatic heterocycles. The maximum Gasteiger partial charge on any atom is 0.215 e. The van der Waals surface area contributed by atoms with Gasteiger partial charge in [-0.15, -0.1) is 0 Å². The number of piperazine rings is 2. The van der Waals surface area contributed by atoms with Crippen molar-refractivity contribution in [3.63, 3.8) is 0 Å². The molecule has 6 nitrogen and oxygen atoms in total. The van der Waals surface area contributed by atoms with Crippen molar-refractivity contribution in [3.8, 4) is 0 Å². The van der Waals surface area contributed by atoms with Gasteiger partial charge in [-0.05, 0) is 18.8 Å². The van der Waals surface area contributed by atoms with E-state index in [-0.39, 0.29) is 5.75 Å². The second-order valence-corrected chi connectivity index (χ2v) is 8.64. The minimum atomic E-state index is -3.07. The zero-order valence-electron chi connectivity index (χ0n) is 12.8. The Morgan fingerprint density at radius 3 is 2.19 bits per heavy atom. The monoisotopic (exact) mass is 316 g/mol. The number of nitrogens with zero attached hydrogens (tertiary/aromatic N) is 3. The van der Waals surface area contributed by atoms with Crippen LogP contribution in [-0.4, -0.2) is 93.7 Å². The molecule has 0 spiro atoms. The SMILES string of the molecule is O=S(=O)(CCN1CCNCC1)N1CCN(CC2CC2)CC1. The Bertz CT molecular complexity index is 424. The molecule has 0 aromatic heterocycles. The molecule has 0 aromatic rings. The van der Waals surface area contributed by atoms with Gasteiger partial charge in [-0.3, -0.25) is 4.90 Å². The van der Waals surface area contributed by atoms with Gasteiger partial charge in [0.15, 0.2) is 0 Å². The third-order valence-electron chi connectivity index (χ3n) is 4.81. The lowest BCUT2D eigenvalue weighted by molar-refractivity contribution is 0.181. The summed E-state index contributed by atoms with van der Waals surface area (Å²) in [6.45, 7) is 8.88. The molecular weight excluding hydrogens is 288 g/mol. The van der Waals surface area contributed by atoms with Crippen LogP contribution in [0.15, 0.2) is 0 Å². The lowest BCUT2D eigenvalue weighted by atomic mass is 10.3. The van der Waals surface area contributed by atoms with Crippen molar-refractivity contribution in [1.82, 2.24) is 19.4 Å². The van der Waals surface area contributed by atoms with Crippen LogP contribution in [0.1, 0.15) is 12.8 Å². The first-order chi connectivity index (χ1) is 10.1. The molecule has 0 amide bonds. The topological polar surface area (TPSA) is 55.9 Å². The van der Waals surface area contributed by atoms with Crippen molar-refractivity contribution in [3.05, 3.63) is 0 Å². The fourth-order valence-corrected chi connectivity index (χ4v) is 4.63. The Labute approximate surface area is 128 Å². The van der Waals surface area contributed by atoms with Gasteiger partial charge < -0.3 is 10.2 Å². The summed E-state index contributed by atoms with van der Waals surface area (Å²) in [5, 5.41) is 3.29. The predicted octanol–water partition coefficient (Wildman–Crippen LogP) is -0.751. The zero-order valence-corrected chi connectivity index (χ0v) is 13.7. The molecule has 3 rings (SSSR count). The Morgan fingerprint density at radius 2 is 1.57 bits per heavy atom. The van der Waals surface area contributed by atoms with Crippen molar-refractivity contribution in [2.45, 2.75) is 12.8 Å². The number of rotatable bonds is 6. The molecule has 3 aliphatic rings. The molecule has 0 atom stereocenters. The Hall–Kier alpha value is -0.210. The highest BCUT2D eigenvalue weighted by atomic mass is 32.2. The lowest BCUT2D eigenvalue weighted by Gasteiger charge is -2.34. The van der Waals surface area contributed by atoms with E-state index in [0.29, 0.717) is 19.6 Å². The van der Waals surface area contributed by atoms with Gasteiger partial charge in [0, 0.05) is 65.4 Å². The van der Waals surface area contributed by atoms with Gasteiger partial charge in [0.2, 0.25) is 10.0 Å². The standard InChI is InChI=1S/C14H28N4O2S/c19-21(20,12-11-16-5-3-15-4-6-16)18-9-7-17(8-10-18)13-14-1-2-14/h14-15H,1-13H2. The summed E-state index contributed by atoms with van der Waals surface area (Å²) in [5.41, 5.74) is 0. The minimum Gasteiger partial charge on any atom is -0.314 e. The molecule has 0 unspecified atom stereocenters. The van der Waals surface area contributed by atoms with E-state index in [0.717, 1.165) is 45.2 Å². The summed E-state index contributed by atoms with van der Waals surface area (Å²) < 4.78 is 26.6. The van der Waals surface area contributed by atoms with E-state index in [1.165, 1.54) is 19.4 Å². The maximum atomic E-state index is 12.4. The van der Waals surface area contributed by atoms with E-state index in [9.17, 15) is 8.42 Å². The Morgan fingerprint density at radius 1 is 0.905 bits per heavy atom. The molecule has 7 heteroatoms. The first kappa shape index (κ1) is 15.7. The van der Waals surface area contributed by atoms with Gasteiger partial charge in [-0.25, -0.2) is 8.42 Å². The lowest BCUT2D eigenvalue weighted by Crippen LogP contribution is -2.51. The van der Waals surface area contributed by atoms with Crippen LogP contribution in [0.3, 0.4) is 0 Å². The molecule has 1 saturated carbocycles. The van der Waals surface area contributed by atoms with Crippen LogP contribution in [0.25, 0.3) is 0 Å². The first-order valence-corrected chi connectivity index (χ1v) is 9.88. The van der Waals surface area contributed by atoms with Gasteiger partial charge >= 0.3 is 0 Å². The number of sulfonamides is 1. The average Bonchev–Trinajstić information content (AvgIpc) is 3.31. The Balaban J connectivity index is 1.41. The van der Waals surface area contributed by atoms with Crippen molar-refractivity contribution in [2.75, 3.05) is 71.2 Å². The van der Waals surface area contributed by atoms with E-state index in [4.69, 9.17) is 0 Å². The summed E-state index contributed by atoms with van der Waals surface area (Å²) in [7, 11) is -3.07. The highest BCUT2D eigenvalue weighted by molar-refractivity contribution is 7.89. The molecule has 0 radical (unpaired) electrons. The quantitative estimate of drug-likeness (QED) is 0.699. The van der Waals surface area contributed by atoms with Gasteiger partial charge in [-0.1, -0.05) is 0 Å². The second-order valence-electron chi connectivity index (χ2n) is 6.55. The van der Waals surface area contributed by atoms with Crippen molar-refractivity contribution < 1.29 is 8.42 Å². The molecule has 2 heterocycles. The van der Waals surface area contributed by atoms with E-state index in [1.807, 2.05) is 0 Å². The number of hydrogen-bond acceptors (Lipinski definition) is 5. The smallest absolute Gasteiger partial charge is 0.215 e. The van der Waals surface area contributed by atoms with Crippen LogP contribution in [0.2, 0.25) is 0 Å². The van der Waals surface area contributed by atoms with Crippen LogP contribution < -0.4 is 5.32 Å². The predicted molar refractivity (Wildman–Crippen MR) is 83.8 cm³/mol. The van der Waals surface area contributed by atoms with Crippen LogP contribution >= 0.6 is 0 Å². The summed E-state index contributed by atoms with van der Waals surface area (Å²) in [5.74, 6) is 1.16. The molecule has 2 saturated heterocycles. The molecule has 3 fully saturated rings. The summed E-state index contributed by atoms with van der Waals surface area (Å²) in [4.78, 5) is 4.68. The van der Waals surface area contributed by atoms with Crippen LogP contribution in [-0.2, 0) is 10.0 Å². The molecule has 1 aliphatic carbocycles. The molecule has 21 heavy (non-hydrogen) atoms. The maximum absolute atomic E-state index is 12.4. The summed E-state index contributed by atoms with van der Waals surface area (Å²) in [6.07, 6.45) is 2.73. The summed E-state index contributed by atoms with van der Waals surface area (Å²) in [6, 6.07) is 0. The highest BCUT2D eigenvalue weighted by Gasteiger charge is 2.30. The number of nitrogens with one attached hydrogen (secondary N) is 1. The molecule has 0 bridgehead atoms. The Kier molecular flexibility index (Phi) is 5.16. The van der Waals surface area contributed by atoms with E-state index < -0.39 is 10.0 Å². The van der Waals surface area contributed by atoms with Crippen LogP contribution in [0.4, 0.5) is 0 Å². The fraction of sp³-hybridized carbons (Fsp3) is 1.00. The number of hydrogen-bond donors (Lipinski definition) is 1. The molecule has 122 valence electrons. The fourth-order valence-electron chi connectivity index (χ4n) is 3.16. The van der Waals surface area contributed by atoms with Crippen molar-refractivity contribution >= 4 is 10.0 Å². The average molecular weight is 316 g/mol. The largest absolute Gasteiger partial charge is 0.314 e.